The lowest BCUT2D eigenvalue weighted by molar-refractivity contribution is 0.573. The fraction of sp³-hybridized carbons (Fsp3) is 0.316. The van der Waals surface area contributed by atoms with Gasteiger partial charge in [-0.05, 0) is 24.1 Å². The van der Waals surface area contributed by atoms with Gasteiger partial charge < -0.3 is 10.2 Å². The molecule has 0 spiro atoms. The Morgan fingerprint density at radius 2 is 1.58 bits per heavy atom. The van der Waals surface area contributed by atoms with Gasteiger partial charge in [-0.3, -0.25) is 0 Å². The summed E-state index contributed by atoms with van der Waals surface area (Å²) in [7, 11) is 0.601. The summed E-state index contributed by atoms with van der Waals surface area (Å²) in [6, 6.07) is 18.6. The third kappa shape index (κ3) is 7.33. The van der Waals surface area contributed by atoms with Gasteiger partial charge in [-0.25, -0.2) is 13.4 Å². The zero-order valence-electron chi connectivity index (χ0n) is 15.1. The minimum atomic E-state index is -3.23. The Kier molecular flexibility index (Phi) is 9.64. The Morgan fingerprint density at radius 3 is 2.15 bits per heavy atom. The predicted octanol–water partition coefficient (Wildman–Crippen LogP) is 3.18. The van der Waals surface area contributed by atoms with Gasteiger partial charge in [-0.2, -0.15) is 0 Å². The number of aliphatic imine (C=N–C) groups is 1. The van der Waals surface area contributed by atoms with E-state index in [4.69, 9.17) is 0 Å². The number of hydrogen-bond donors (Lipinski definition) is 1. The quantitative estimate of drug-likeness (QED) is 0.282. The van der Waals surface area contributed by atoms with Crippen molar-refractivity contribution in [2.24, 2.45) is 4.99 Å². The number of benzene rings is 2. The highest BCUT2D eigenvalue weighted by Crippen LogP contribution is 2.10. The predicted molar refractivity (Wildman–Crippen MR) is 118 cm³/mol. The average molecular weight is 487 g/mol. The van der Waals surface area contributed by atoms with Crippen molar-refractivity contribution >= 4 is 39.8 Å². The molecule has 5 nitrogen and oxygen atoms in total. The Labute approximate surface area is 173 Å². The molecule has 0 aliphatic rings. The molecule has 7 heteroatoms. The number of nitrogens with one attached hydrogen (secondary N) is 1. The zero-order chi connectivity index (χ0) is 18.1. The molecule has 142 valence electrons. The molecule has 2 aromatic rings. The van der Waals surface area contributed by atoms with Crippen LogP contribution in [0.15, 0.2) is 70.6 Å². The Balaban J connectivity index is 0.00000338. The van der Waals surface area contributed by atoms with Crippen LogP contribution in [0.4, 0.5) is 0 Å². The Bertz CT molecular complexity index is 779. The standard InChI is InChI=1S/C19H25N3O2S.HI/c1-22(2)19(21-16-17-10-5-3-6-11-17)20-14-9-15-25(23,24)18-12-7-4-8-13-18;/h3-8,10-13H,9,14-16H2,1-2H3,(H,20,21);1H. The van der Waals surface area contributed by atoms with Crippen molar-refractivity contribution in [2.45, 2.75) is 17.9 Å². The van der Waals surface area contributed by atoms with Crippen LogP contribution in [0.3, 0.4) is 0 Å². The normalized spacial score (nSPS) is 11.5. The number of nitrogens with zero attached hydrogens (tertiary/aromatic N) is 2. The van der Waals surface area contributed by atoms with Crippen LogP contribution >= 0.6 is 24.0 Å². The highest BCUT2D eigenvalue weighted by atomic mass is 127. The lowest BCUT2D eigenvalue weighted by Gasteiger charge is -2.17. The van der Waals surface area contributed by atoms with E-state index in [1.54, 1.807) is 24.3 Å². The summed E-state index contributed by atoms with van der Waals surface area (Å²) in [5.41, 5.74) is 1.13. The molecule has 0 aliphatic heterocycles. The monoisotopic (exact) mass is 487 g/mol. The minimum Gasteiger partial charge on any atom is -0.356 e. The van der Waals surface area contributed by atoms with Gasteiger partial charge >= 0.3 is 0 Å². The lowest BCUT2D eigenvalue weighted by Crippen LogP contribution is -2.37. The van der Waals surface area contributed by atoms with Crippen LogP contribution in [0, 0.1) is 0 Å². The molecule has 0 fully saturated rings. The molecule has 0 bridgehead atoms. The maximum Gasteiger partial charge on any atom is 0.193 e. The van der Waals surface area contributed by atoms with Crippen LogP contribution in [0.2, 0.25) is 0 Å². The molecule has 0 aliphatic carbocycles. The summed E-state index contributed by atoms with van der Waals surface area (Å²) in [4.78, 5) is 6.84. The molecule has 0 saturated carbocycles. The van der Waals surface area contributed by atoms with Crippen molar-refractivity contribution in [3.63, 3.8) is 0 Å². The van der Waals surface area contributed by atoms with E-state index in [0.717, 1.165) is 11.5 Å². The molecule has 0 atom stereocenters. The largest absolute Gasteiger partial charge is 0.356 e. The van der Waals surface area contributed by atoms with Crippen molar-refractivity contribution in [2.75, 3.05) is 26.4 Å². The van der Waals surface area contributed by atoms with Crippen LogP contribution in [-0.4, -0.2) is 45.7 Å². The van der Waals surface area contributed by atoms with E-state index >= 15 is 0 Å². The number of hydrogen-bond acceptors (Lipinski definition) is 3. The van der Waals surface area contributed by atoms with Gasteiger partial charge in [0.15, 0.2) is 15.8 Å². The van der Waals surface area contributed by atoms with Gasteiger partial charge in [-0.1, -0.05) is 48.5 Å². The van der Waals surface area contributed by atoms with E-state index in [-0.39, 0.29) is 29.7 Å². The molecule has 0 radical (unpaired) electrons. The molecule has 0 aromatic heterocycles. The van der Waals surface area contributed by atoms with Gasteiger partial charge in [0.25, 0.3) is 0 Å². The molecular formula is C19H26IN3O2S. The second-order valence-corrected chi connectivity index (χ2v) is 8.04. The molecular weight excluding hydrogens is 461 g/mol. The summed E-state index contributed by atoms with van der Waals surface area (Å²) < 4.78 is 24.5. The highest BCUT2D eigenvalue weighted by molar-refractivity contribution is 14.0. The van der Waals surface area contributed by atoms with E-state index in [9.17, 15) is 8.42 Å². The second kappa shape index (κ2) is 11.2. The van der Waals surface area contributed by atoms with Crippen molar-refractivity contribution in [1.82, 2.24) is 10.2 Å². The van der Waals surface area contributed by atoms with E-state index < -0.39 is 9.84 Å². The maximum absolute atomic E-state index is 12.3. The van der Waals surface area contributed by atoms with Crippen LogP contribution in [0.5, 0.6) is 0 Å². The third-order valence-corrected chi connectivity index (χ3v) is 5.47. The first kappa shape index (κ1) is 22.4. The van der Waals surface area contributed by atoms with Crippen molar-refractivity contribution in [3.05, 3.63) is 66.2 Å². The number of rotatable bonds is 7. The van der Waals surface area contributed by atoms with Crippen molar-refractivity contribution in [1.29, 1.82) is 0 Å². The molecule has 0 saturated heterocycles. The molecule has 2 aromatic carbocycles. The van der Waals surface area contributed by atoms with Gasteiger partial charge in [0.1, 0.15) is 0 Å². The summed E-state index contributed by atoms with van der Waals surface area (Å²) in [6.45, 7) is 1.14. The number of sulfone groups is 1. The first-order chi connectivity index (χ1) is 12.0. The molecule has 0 amide bonds. The van der Waals surface area contributed by atoms with E-state index in [1.165, 1.54) is 0 Å². The van der Waals surface area contributed by atoms with Gasteiger partial charge in [-0.15, -0.1) is 24.0 Å². The SMILES string of the molecule is CN(C)C(=NCc1ccccc1)NCCCS(=O)(=O)c1ccccc1.I. The average Bonchev–Trinajstić information content (AvgIpc) is 2.62. The smallest absolute Gasteiger partial charge is 0.193 e. The fourth-order valence-corrected chi connectivity index (χ4v) is 3.64. The van der Waals surface area contributed by atoms with Crippen LogP contribution in [0.25, 0.3) is 0 Å². The number of guanidine groups is 1. The molecule has 0 heterocycles. The summed E-state index contributed by atoms with van der Waals surface area (Å²) in [5.74, 6) is 0.865. The zero-order valence-corrected chi connectivity index (χ0v) is 18.3. The topological polar surface area (TPSA) is 61.8 Å². The van der Waals surface area contributed by atoms with E-state index in [2.05, 4.69) is 10.3 Å². The van der Waals surface area contributed by atoms with E-state index in [1.807, 2.05) is 55.4 Å². The Morgan fingerprint density at radius 1 is 1.00 bits per heavy atom. The second-order valence-electron chi connectivity index (χ2n) is 5.93. The van der Waals surface area contributed by atoms with E-state index in [0.29, 0.717) is 24.4 Å². The minimum absolute atomic E-state index is 0. The molecule has 26 heavy (non-hydrogen) atoms. The summed E-state index contributed by atoms with van der Waals surface area (Å²) in [6.07, 6.45) is 0.523. The van der Waals surface area contributed by atoms with Gasteiger partial charge in [0.05, 0.1) is 17.2 Å². The molecule has 0 unspecified atom stereocenters. The molecule has 2 rings (SSSR count). The first-order valence-corrected chi connectivity index (χ1v) is 9.91. The van der Waals surface area contributed by atoms with Crippen LogP contribution in [-0.2, 0) is 16.4 Å². The fourth-order valence-electron chi connectivity index (χ4n) is 2.31. The van der Waals surface area contributed by atoms with Crippen molar-refractivity contribution < 1.29 is 8.42 Å². The third-order valence-electron chi connectivity index (χ3n) is 3.65. The lowest BCUT2D eigenvalue weighted by atomic mass is 10.2. The maximum atomic E-state index is 12.3. The summed E-state index contributed by atoms with van der Waals surface area (Å²) >= 11 is 0. The summed E-state index contributed by atoms with van der Waals surface area (Å²) in [5, 5.41) is 3.22. The highest BCUT2D eigenvalue weighted by Gasteiger charge is 2.13. The Hall–Kier alpha value is -1.61. The van der Waals surface area contributed by atoms with Crippen molar-refractivity contribution in [3.8, 4) is 0 Å². The van der Waals surface area contributed by atoms with Gasteiger partial charge in [0, 0.05) is 20.6 Å². The number of halogens is 1. The van der Waals surface area contributed by atoms with Crippen LogP contribution < -0.4 is 5.32 Å². The molecule has 1 N–H and O–H groups in total. The first-order valence-electron chi connectivity index (χ1n) is 8.26. The van der Waals surface area contributed by atoms with Gasteiger partial charge in [0.2, 0.25) is 0 Å². The van der Waals surface area contributed by atoms with Crippen LogP contribution in [0.1, 0.15) is 12.0 Å².